The monoisotopic (exact) mass is 439 g/mol. The van der Waals surface area contributed by atoms with E-state index in [0.717, 1.165) is 38.1 Å². The van der Waals surface area contributed by atoms with Gasteiger partial charge in [0.2, 0.25) is 10.0 Å². The van der Waals surface area contributed by atoms with Crippen molar-refractivity contribution in [3.05, 3.63) is 47.2 Å². The van der Waals surface area contributed by atoms with Crippen LogP contribution in [0.2, 0.25) is 0 Å². The van der Waals surface area contributed by atoms with Crippen LogP contribution in [0, 0.1) is 18.6 Å². The molecule has 2 saturated heterocycles. The Labute approximate surface area is 173 Å². The first-order valence-corrected chi connectivity index (χ1v) is 11.4. The molecule has 162 valence electrons. The van der Waals surface area contributed by atoms with Crippen molar-refractivity contribution < 1.29 is 26.4 Å². The van der Waals surface area contributed by atoms with Gasteiger partial charge >= 0.3 is 0 Å². The summed E-state index contributed by atoms with van der Waals surface area (Å²) in [6.07, 6.45) is 2.89. The lowest BCUT2D eigenvalue weighted by molar-refractivity contribution is 0.0786. The minimum Gasteiger partial charge on any atom is -0.445 e. The number of carbonyl (C=O) groups excluding carboxylic acids is 1. The van der Waals surface area contributed by atoms with Crippen molar-refractivity contribution in [3.8, 4) is 0 Å². The summed E-state index contributed by atoms with van der Waals surface area (Å²) in [4.78, 5) is 18.5. The number of piperidine rings is 1. The first-order chi connectivity index (χ1) is 14.3. The molecule has 1 amide bonds. The van der Waals surface area contributed by atoms with E-state index in [1.165, 1.54) is 4.31 Å². The highest BCUT2D eigenvalue weighted by atomic mass is 32.2. The Balaban J connectivity index is 1.45. The van der Waals surface area contributed by atoms with Crippen LogP contribution in [0.25, 0.3) is 0 Å². The highest BCUT2D eigenvalue weighted by molar-refractivity contribution is 7.89. The van der Waals surface area contributed by atoms with Crippen LogP contribution in [0.15, 0.2) is 27.5 Å². The number of halogens is 2. The van der Waals surface area contributed by atoms with Crippen molar-refractivity contribution in [2.45, 2.75) is 43.4 Å². The summed E-state index contributed by atoms with van der Waals surface area (Å²) >= 11 is 0. The maximum Gasteiger partial charge on any atom is 0.276 e. The number of likely N-dealkylation sites (tertiary alicyclic amines) is 1. The van der Waals surface area contributed by atoms with Crippen molar-refractivity contribution in [2.75, 3.05) is 26.2 Å². The Hall–Kier alpha value is -2.33. The van der Waals surface area contributed by atoms with Gasteiger partial charge in [-0.05, 0) is 50.8 Å². The Bertz CT molecular complexity index is 1060. The predicted molar refractivity (Wildman–Crippen MR) is 103 cm³/mol. The molecule has 2 aromatic rings. The zero-order valence-electron chi connectivity index (χ0n) is 16.6. The molecule has 30 heavy (non-hydrogen) atoms. The third-order valence-electron chi connectivity index (χ3n) is 5.74. The zero-order valence-corrected chi connectivity index (χ0v) is 17.4. The Kier molecular flexibility index (Phi) is 5.63. The molecule has 0 radical (unpaired) electrons. The SMILES string of the molecule is Cc1oc(C2CCN(S(=O)(=O)c3ccc(F)c(F)c3)CC2)nc1C(=O)N1CCCC1. The van der Waals surface area contributed by atoms with Crippen LogP contribution in [-0.2, 0) is 10.0 Å². The van der Waals surface area contributed by atoms with E-state index in [1.54, 1.807) is 11.8 Å². The van der Waals surface area contributed by atoms with Gasteiger partial charge in [-0.1, -0.05) is 0 Å². The number of oxazole rings is 1. The molecule has 0 bridgehead atoms. The molecule has 0 aliphatic carbocycles. The van der Waals surface area contributed by atoms with E-state index in [1.807, 2.05) is 0 Å². The molecule has 0 N–H and O–H groups in total. The zero-order chi connectivity index (χ0) is 21.5. The Morgan fingerprint density at radius 3 is 2.40 bits per heavy atom. The molecular weight excluding hydrogens is 416 g/mol. The fourth-order valence-electron chi connectivity index (χ4n) is 3.99. The van der Waals surface area contributed by atoms with Crippen LogP contribution in [0.4, 0.5) is 8.78 Å². The van der Waals surface area contributed by atoms with Crippen molar-refractivity contribution in [2.24, 2.45) is 0 Å². The van der Waals surface area contributed by atoms with Crippen molar-refractivity contribution in [1.29, 1.82) is 0 Å². The summed E-state index contributed by atoms with van der Waals surface area (Å²) in [6.45, 7) is 3.55. The minimum atomic E-state index is -3.92. The molecule has 3 heterocycles. The third kappa shape index (κ3) is 3.85. The number of sulfonamides is 1. The lowest BCUT2D eigenvalue weighted by atomic mass is 9.98. The van der Waals surface area contributed by atoms with Gasteiger partial charge in [-0.15, -0.1) is 0 Å². The second-order valence-corrected chi connectivity index (χ2v) is 9.65. The largest absolute Gasteiger partial charge is 0.445 e. The molecule has 2 fully saturated rings. The summed E-state index contributed by atoms with van der Waals surface area (Å²) < 4.78 is 59.1. The standard InChI is InChI=1S/C20H23F2N3O4S/c1-13-18(20(26)24-8-2-3-9-24)23-19(29-13)14-6-10-25(11-7-14)30(27,28)15-4-5-16(21)17(22)12-15/h4-5,12,14H,2-3,6-11H2,1H3. The number of hydrogen-bond acceptors (Lipinski definition) is 5. The number of rotatable bonds is 4. The van der Waals surface area contributed by atoms with Gasteiger partial charge in [0.15, 0.2) is 23.2 Å². The van der Waals surface area contributed by atoms with Crippen LogP contribution >= 0.6 is 0 Å². The number of amides is 1. The fourth-order valence-corrected chi connectivity index (χ4v) is 5.47. The van der Waals surface area contributed by atoms with Gasteiger partial charge in [0.1, 0.15) is 5.76 Å². The molecule has 7 nitrogen and oxygen atoms in total. The number of hydrogen-bond donors (Lipinski definition) is 0. The van der Waals surface area contributed by atoms with Crippen LogP contribution in [-0.4, -0.2) is 54.7 Å². The van der Waals surface area contributed by atoms with Gasteiger partial charge in [-0.2, -0.15) is 4.31 Å². The van der Waals surface area contributed by atoms with E-state index < -0.39 is 21.7 Å². The molecule has 1 aromatic heterocycles. The maximum atomic E-state index is 13.5. The molecule has 4 rings (SSSR count). The molecule has 0 unspecified atom stereocenters. The Morgan fingerprint density at radius 2 is 1.77 bits per heavy atom. The second-order valence-electron chi connectivity index (χ2n) is 7.71. The normalized spacial score (nSPS) is 18.8. The second kappa shape index (κ2) is 8.07. The van der Waals surface area contributed by atoms with Gasteiger partial charge in [0.25, 0.3) is 5.91 Å². The number of carbonyl (C=O) groups is 1. The van der Waals surface area contributed by atoms with Gasteiger partial charge in [-0.25, -0.2) is 22.2 Å². The first kappa shape index (κ1) is 20.9. The van der Waals surface area contributed by atoms with Crippen molar-refractivity contribution >= 4 is 15.9 Å². The molecular formula is C20H23F2N3O4S. The lowest BCUT2D eigenvalue weighted by Gasteiger charge is -2.29. The van der Waals surface area contributed by atoms with E-state index in [9.17, 15) is 22.0 Å². The first-order valence-electron chi connectivity index (χ1n) is 9.99. The molecule has 2 aliphatic rings. The summed E-state index contributed by atoms with van der Waals surface area (Å²) in [7, 11) is -3.92. The van der Waals surface area contributed by atoms with E-state index >= 15 is 0 Å². The van der Waals surface area contributed by atoms with Crippen LogP contribution in [0.5, 0.6) is 0 Å². The summed E-state index contributed by atoms with van der Waals surface area (Å²) in [6, 6.07) is 2.57. The van der Waals surface area contributed by atoms with Gasteiger partial charge in [0, 0.05) is 32.1 Å². The number of aromatic nitrogens is 1. The minimum absolute atomic E-state index is 0.111. The number of benzene rings is 1. The third-order valence-corrected chi connectivity index (χ3v) is 7.64. The molecule has 2 aliphatic heterocycles. The molecule has 0 atom stereocenters. The highest BCUT2D eigenvalue weighted by Crippen LogP contribution is 2.32. The molecule has 0 saturated carbocycles. The highest BCUT2D eigenvalue weighted by Gasteiger charge is 2.33. The fraction of sp³-hybridized carbons (Fsp3) is 0.500. The summed E-state index contributed by atoms with van der Waals surface area (Å²) in [5.41, 5.74) is 0.323. The average molecular weight is 439 g/mol. The van der Waals surface area contributed by atoms with E-state index in [0.29, 0.717) is 36.3 Å². The smallest absolute Gasteiger partial charge is 0.276 e. The molecule has 0 spiro atoms. The van der Waals surface area contributed by atoms with Gasteiger partial charge < -0.3 is 9.32 Å². The van der Waals surface area contributed by atoms with E-state index in [2.05, 4.69) is 4.98 Å². The lowest BCUT2D eigenvalue weighted by Crippen LogP contribution is -2.38. The van der Waals surface area contributed by atoms with Crippen LogP contribution in [0.3, 0.4) is 0 Å². The quantitative estimate of drug-likeness (QED) is 0.731. The van der Waals surface area contributed by atoms with Crippen LogP contribution < -0.4 is 0 Å². The predicted octanol–water partition coefficient (Wildman–Crippen LogP) is 3.07. The maximum absolute atomic E-state index is 13.5. The molecule has 10 heteroatoms. The topological polar surface area (TPSA) is 83.7 Å². The van der Waals surface area contributed by atoms with Crippen LogP contribution in [0.1, 0.15) is 53.7 Å². The van der Waals surface area contributed by atoms with E-state index in [4.69, 9.17) is 4.42 Å². The average Bonchev–Trinajstić information content (AvgIpc) is 3.39. The van der Waals surface area contributed by atoms with Gasteiger partial charge in [-0.3, -0.25) is 4.79 Å². The number of nitrogens with zero attached hydrogens (tertiary/aromatic N) is 3. The van der Waals surface area contributed by atoms with E-state index in [-0.39, 0.29) is 29.8 Å². The summed E-state index contributed by atoms with van der Waals surface area (Å²) in [5.74, 6) is -1.61. The number of aryl methyl sites for hydroxylation is 1. The summed E-state index contributed by atoms with van der Waals surface area (Å²) in [5, 5.41) is 0. The van der Waals surface area contributed by atoms with Crippen molar-refractivity contribution in [3.63, 3.8) is 0 Å². The van der Waals surface area contributed by atoms with Gasteiger partial charge in [0.05, 0.1) is 4.90 Å². The van der Waals surface area contributed by atoms with Crippen molar-refractivity contribution in [1.82, 2.24) is 14.2 Å². The Morgan fingerprint density at radius 1 is 1.10 bits per heavy atom. The molecule has 1 aromatic carbocycles.